The number of aromatic hydroxyl groups is 1. The molecule has 0 fully saturated rings. The Labute approximate surface area is 152 Å². The summed E-state index contributed by atoms with van der Waals surface area (Å²) >= 11 is 0. The monoisotopic (exact) mass is 359 g/mol. The molecule has 0 saturated heterocycles. The zero-order valence-electron chi connectivity index (χ0n) is 13.9. The Kier molecular flexibility index (Phi) is 4.06. The van der Waals surface area contributed by atoms with Gasteiger partial charge in [0.05, 0.1) is 5.69 Å². The zero-order valence-corrected chi connectivity index (χ0v) is 13.9. The zero-order chi connectivity index (χ0) is 18.8. The molecule has 0 aliphatic carbocycles. The van der Waals surface area contributed by atoms with Crippen LogP contribution in [0.15, 0.2) is 71.5 Å². The van der Waals surface area contributed by atoms with Crippen LogP contribution in [0.5, 0.6) is 5.75 Å². The van der Waals surface area contributed by atoms with Gasteiger partial charge in [-0.05, 0) is 22.9 Å². The van der Waals surface area contributed by atoms with Gasteiger partial charge < -0.3 is 5.11 Å². The Morgan fingerprint density at radius 2 is 1.67 bits per heavy atom. The van der Waals surface area contributed by atoms with Crippen molar-refractivity contribution in [3.05, 3.63) is 88.5 Å². The Bertz CT molecular complexity index is 1150. The molecular weight excluding hydrogens is 346 g/mol. The maximum Gasteiger partial charge on any atom is 0.270 e. The van der Waals surface area contributed by atoms with Gasteiger partial charge in [0, 0.05) is 11.8 Å². The molecule has 0 spiro atoms. The molecule has 4 aromatic rings. The summed E-state index contributed by atoms with van der Waals surface area (Å²) in [7, 11) is 0. The number of ketones is 1. The largest absolute Gasteiger partial charge is 0.507 e. The van der Waals surface area contributed by atoms with Crippen molar-refractivity contribution in [2.24, 2.45) is 0 Å². The minimum absolute atomic E-state index is 0.297. The molecule has 4 rings (SSSR count). The van der Waals surface area contributed by atoms with E-state index >= 15 is 0 Å². The second kappa shape index (κ2) is 6.68. The van der Waals surface area contributed by atoms with E-state index in [4.69, 9.17) is 0 Å². The molecule has 2 aromatic carbocycles. The van der Waals surface area contributed by atoms with Gasteiger partial charge in [-0.1, -0.05) is 48.5 Å². The van der Waals surface area contributed by atoms with Crippen LogP contribution in [0, 0.1) is 0 Å². The number of para-hydroxylation sites is 1. The van der Waals surface area contributed by atoms with E-state index < -0.39 is 22.7 Å². The fourth-order valence-electron chi connectivity index (χ4n) is 2.83. The molecule has 0 bridgehead atoms. The number of nitrogens with one attached hydrogen (secondary N) is 1. The van der Waals surface area contributed by atoms with Crippen molar-refractivity contribution in [1.29, 1.82) is 0 Å². The van der Waals surface area contributed by atoms with E-state index in [-0.39, 0.29) is 5.82 Å². The lowest BCUT2D eigenvalue weighted by atomic mass is 10.1. The molecule has 2 N–H and O–H groups in total. The van der Waals surface area contributed by atoms with Crippen LogP contribution in [0.1, 0.15) is 16.2 Å². The molecule has 0 unspecified atom stereocenters. The van der Waals surface area contributed by atoms with Crippen LogP contribution in [-0.2, 0) is 0 Å². The highest BCUT2D eigenvalue weighted by molar-refractivity contribution is 6.08. The Morgan fingerprint density at radius 3 is 2.30 bits per heavy atom. The second-order valence-electron chi connectivity index (χ2n) is 5.70. The highest BCUT2D eigenvalue weighted by atomic mass is 16.3. The van der Waals surface area contributed by atoms with Gasteiger partial charge in [-0.15, -0.1) is 10.2 Å². The summed E-state index contributed by atoms with van der Waals surface area (Å²) in [5, 5.41) is 23.1. The molecule has 0 atom stereocenters. The highest BCUT2D eigenvalue weighted by Crippen LogP contribution is 2.27. The first kappa shape index (κ1) is 16.4. The number of pyridine rings is 1. The lowest BCUT2D eigenvalue weighted by Crippen LogP contribution is -2.27. The first-order valence-electron chi connectivity index (χ1n) is 8.05. The number of hydrogen-bond donors (Lipinski definition) is 2. The second-order valence-corrected chi connectivity index (χ2v) is 5.70. The average molecular weight is 359 g/mol. The van der Waals surface area contributed by atoms with Crippen LogP contribution in [0.2, 0.25) is 0 Å². The van der Waals surface area contributed by atoms with Gasteiger partial charge in [0.25, 0.3) is 5.56 Å². The van der Waals surface area contributed by atoms with Gasteiger partial charge >= 0.3 is 0 Å². The van der Waals surface area contributed by atoms with E-state index in [2.05, 4.69) is 20.6 Å². The predicted molar refractivity (Wildman–Crippen MR) is 96.8 cm³/mol. The number of aromatic nitrogens is 5. The summed E-state index contributed by atoms with van der Waals surface area (Å²) in [6, 6.07) is 19.4. The first-order valence-corrected chi connectivity index (χ1v) is 8.05. The number of aromatic amines is 1. The molecule has 132 valence electrons. The minimum atomic E-state index is -0.810. The van der Waals surface area contributed by atoms with Crippen LogP contribution in [0.25, 0.3) is 16.9 Å². The number of carbonyl (C=O) groups excluding carboxylic acids is 1. The third-order valence-corrected chi connectivity index (χ3v) is 4.05. The van der Waals surface area contributed by atoms with Gasteiger partial charge in [0.2, 0.25) is 11.6 Å². The molecule has 0 saturated carbocycles. The van der Waals surface area contributed by atoms with Crippen molar-refractivity contribution < 1.29 is 9.90 Å². The molecule has 8 nitrogen and oxygen atoms in total. The smallest absolute Gasteiger partial charge is 0.270 e. The van der Waals surface area contributed by atoms with Gasteiger partial charge in [-0.3, -0.25) is 14.2 Å². The molecule has 27 heavy (non-hydrogen) atoms. The van der Waals surface area contributed by atoms with Gasteiger partial charge in [0.1, 0.15) is 11.3 Å². The summed E-state index contributed by atoms with van der Waals surface area (Å²) in [6.07, 6.45) is 0. The van der Waals surface area contributed by atoms with Gasteiger partial charge in [-0.2, -0.15) is 5.21 Å². The normalized spacial score (nSPS) is 10.7. The van der Waals surface area contributed by atoms with Crippen molar-refractivity contribution in [3.8, 4) is 22.7 Å². The lowest BCUT2D eigenvalue weighted by molar-refractivity contribution is 0.102. The number of hydrogen-bond acceptors (Lipinski definition) is 6. The van der Waals surface area contributed by atoms with Crippen LogP contribution < -0.4 is 5.56 Å². The van der Waals surface area contributed by atoms with E-state index in [1.807, 2.05) is 36.4 Å². The van der Waals surface area contributed by atoms with Crippen molar-refractivity contribution in [3.63, 3.8) is 0 Å². The molecule has 8 heteroatoms. The third-order valence-electron chi connectivity index (χ3n) is 4.05. The Morgan fingerprint density at radius 1 is 1.00 bits per heavy atom. The molecule has 0 aliphatic rings. The number of carbonyl (C=O) groups is 1. The van der Waals surface area contributed by atoms with Gasteiger partial charge in [0.15, 0.2) is 0 Å². The van der Waals surface area contributed by atoms with Crippen LogP contribution >= 0.6 is 0 Å². The molecule has 0 aliphatic heterocycles. The number of H-pyrrole nitrogens is 1. The maximum absolute atomic E-state index is 13.2. The summed E-state index contributed by atoms with van der Waals surface area (Å²) in [6.45, 7) is 0. The van der Waals surface area contributed by atoms with Crippen molar-refractivity contribution >= 4 is 5.78 Å². The number of tetrazole rings is 1. The average Bonchev–Trinajstić information content (AvgIpc) is 3.24. The summed E-state index contributed by atoms with van der Waals surface area (Å²) in [5.41, 5.74) is 0.638. The summed E-state index contributed by atoms with van der Waals surface area (Å²) in [4.78, 5) is 25.8. The lowest BCUT2D eigenvalue weighted by Gasteiger charge is -2.15. The SMILES string of the molecule is O=C(c1nn[nH]n1)c1c(O)cc(-c2ccccc2)n(-c2ccccc2)c1=O. The predicted octanol–water partition coefficient (Wildman–Crippen LogP) is 1.95. The number of benzene rings is 2. The Balaban J connectivity index is 2.03. The van der Waals surface area contributed by atoms with E-state index in [0.29, 0.717) is 16.9 Å². The molecule has 2 heterocycles. The van der Waals surface area contributed by atoms with Gasteiger partial charge in [-0.25, -0.2) is 0 Å². The molecule has 0 amide bonds. The van der Waals surface area contributed by atoms with Crippen LogP contribution in [-0.4, -0.2) is 36.1 Å². The van der Waals surface area contributed by atoms with Crippen LogP contribution in [0.4, 0.5) is 0 Å². The Hall–Kier alpha value is -4.07. The summed E-state index contributed by atoms with van der Waals surface area (Å²) < 4.78 is 1.38. The fraction of sp³-hybridized carbons (Fsp3) is 0. The van der Waals surface area contributed by atoms with Crippen molar-refractivity contribution in [2.75, 3.05) is 0 Å². The number of nitrogens with zero attached hydrogens (tertiary/aromatic N) is 4. The molecular formula is C19H13N5O3. The topological polar surface area (TPSA) is 114 Å². The highest BCUT2D eigenvalue weighted by Gasteiger charge is 2.25. The van der Waals surface area contributed by atoms with Crippen molar-refractivity contribution in [1.82, 2.24) is 25.2 Å². The number of rotatable bonds is 4. The van der Waals surface area contributed by atoms with Crippen LogP contribution in [0.3, 0.4) is 0 Å². The summed E-state index contributed by atoms with van der Waals surface area (Å²) in [5.74, 6) is -1.55. The van der Waals surface area contributed by atoms with E-state index in [0.717, 1.165) is 0 Å². The molecule has 0 radical (unpaired) electrons. The molecule has 2 aromatic heterocycles. The van der Waals surface area contributed by atoms with Crippen molar-refractivity contribution in [2.45, 2.75) is 0 Å². The third kappa shape index (κ3) is 2.89. The minimum Gasteiger partial charge on any atom is -0.507 e. The fourth-order valence-corrected chi connectivity index (χ4v) is 2.83. The van der Waals surface area contributed by atoms with E-state index in [9.17, 15) is 14.7 Å². The quantitative estimate of drug-likeness (QED) is 0.538. The standard InChI is InChI=1S/C19H13N5O3/c25-15-11-14(12-7-3-1-4-8-12)24(13-9-5-2-6-10-13)19(27)16(15)17(26)18-20-22-23-21-18/h1-11,25H,(H,20,21,22,23). The first-order chi connectivity index (χ1) is 13.2. The maximum atomic E-state index is 13.2. The van der Waals surface area contributed by atoms with E-state index in [1.165, 1.54) is 10.6 Å². The van der Waals surface area contributed by atoms with E-state index in [1.54, 1.807) is 24.3 Å².